The summed E-state index contributed by atoms with van der Waals surface area (Å²) >= 11 is 0. The molecule has 7 heteroatoms. The van der Waals surface area contributed by atoms with Gasteiger partial charge in [0.05, 0.1) is 23.6 Å². The molecule has 1 aromatic heterocycles. The third kappa shape index (κ3) is 3.06. The lowest BCUT2D eigenvalue weighted by Crippen LogP contribution is -2.33. The van der Waals surface area contributed by atoms with E-state index >= 15 is 0 Å². The molecule has 2 N–H and O–H groups in total. The molecule has 4 rings (SSSR count). The molecule has 0 fully saturated rings. The zero-order chi connectivity index (χ0) is 17.9. The Bertz CT molecular complexity index is 952. The number of rotatable bonds is 4. The first kappa shape index (κ1) is 16.0. The van der Waals surface area contributed by atoms with Gasteiger partial charge in [0.2, 0.25) is 5.91 Å². The third-order valence-electron chi connectivity index (χ3n) is 4.43. The summed E-state index contributed by atoms with van der Waals surface area (Å²) in [5.74, 6) is -0.298. The van der Waals surface area contributed by atoms with Gasteiger partial charge < -0.3 is 10.6 Å². The van der Waals surface area contributed by atoms with Gasteiger partial charge >= 0.3 is 0 Å². The van der Waals surface area contributed by atoms with Gasteiger partial charge in [-0.1, -0.05) is 35.5 Å². The van der Waals surface area contributed by atoms with Crippen LogP contribution in [-0.2, 0) is 4.79 Å². The zero-order valence-corrected chi connectivity index (χ0v) is 13.9. The average Bonchev–Trinajstić information content (AvgIpc) is 3.20. The van der Waals surface area contributed by atoms with Crippen molar-refractivity contribution < 1.29 is 9.59 Å². The molecule has 0 saturated carbocycles. The monoisotopic (exact) mass is 347 g/mol. The van der Waals surface area contributed by atoms with Gasteiger partial charge in [0, 0.05) is 24.6 Å². The molecule has 3 aromatic rings. The number of benzene rings is 2. The van der Waals surface area contributed by atoms with Crippen LogP contribution < -0.4 is 10.6 Å². The lowest BCUT2D eigenvalue weighted by Gasteiger charge is -2.25. The van der Waals surface area contributed by atoms with Crippen molar-refractivity contribution in [1.29, 1.82) is 0 Å². The fourth-order valence-corrected chi connectivity index (χ4v) is 3.20. The minimum atomic E-state index is -0.209. The van der Waals surface area contributed by atoms with E-state index in [1.54, 1.807) is 29.2 Å². The van der Waals surface area contributed by atoms with Gasteiger partial charge in [-0.2, -0.15) is 0 Å². The SMILES string of the molecule is O=C1C[C@H](CNC(=O)c2ccccc2-n2ccnn2)c2ccccc2N1. The van der Waals surface area contributed by atoms with Crippen LogP contribution in [0.5, 0.6) is 0 Å². The van der Waals surface area contributed by atoms with E-state index in [0.29, 0.717) is 24.2 Å². The van der Waals surface area contributed by atoms with Gasteiger partial charge in [-0.3, -0.25) is 9.59 Å². The number of fused-ring (bicyclic) bond motifs is 1. The molecule has 7 nitrogen and oxygen atoms in total. The number of nitrogens with one attached hydrogen (secondary N) is 2. The molecular weight excluding hydrogens is 330 g/mol. The summed E-state index contributed by atoms with van der Waals surface area (Å²) in [6, 6.07) is 14.9. The lowest BCUT2D eigenvalue weighted by atomic mass is 9.90. The molecule has 2 heterocycles. The maximum Gasteiger partial charge on any atom is 0.253 e. The largest absolute Gasteiger partial charge is 0.351 e. The summed E-state index contributed by atoms with van der Waals surface area (Å²) in [6.45, 7) is 0.384. The Morgan fingerprint density at radius 2 is 2.00 bits per heavy atom. The van der Waals surface area contributed by atoms with Gasteiger partial charge in [0.25, 0.3) is 5.91 Å². The van der Waals surface area contributed by atoms with E-state index in [4.69, 9.17) is 0 Å². The smallest absolute Gasteiger partial charge is 0.253 e. The normalized spacial score (nSPS) is 15.8. The average molecular weight is 347 g/mol. The molecule has 0 radical (unpaired) electrons. The highest BCUT2D eigenvalue weighted by Crippen LogP contribution is 2.31. The second kappa shape index (κ2) is 6.79. The maximum atomic E-state index is 12.7. The molecule has 0 aliphatic carbocycles. The van der Waals surface area contributed by atoms with Crippen LogP contribution in [0.15, 0.2) is 60.9 Å². The predicted octanol–water partition coefficient (Wildman–Crippen LogP) is 2.12. The maximum absolute atomic E-state index is 12.7. The molecule has 26 heavy (non-hydrogen) atoms. The highest BCUT2D eigenvalue weighted by Gasteiger charge is 2.25. The number of anilines is 1. The molecule has 2 amide bonds. The summed E-state index contributed by atoms with van der Waals surface area (Å²) in [5.41, 5.74) is 3.01. The second-order valence-electron chi connectivity index (χ2n) is 6.11. The fourth-order valence-electron chi connectivity index (χ4n) is 3.20. The first-order valence-corrected chi connectivity index (χ1v) is 8.35. The van der Waals surface area contributed by atoms with Gasteiger partial charge in [-0.05, 0) is 23.8 Å². The Morgan fingerprint density at radius 1 is 1.19 bits per heavy atom. The van der Waals surface area contributed by atoms with E-state index in [1.165, 1.54) is 0 Å². The van der Waals surface area contributed by atoms with Crippen LogP contribution in [-0.4, -0.2) is 33.4 Å². The third-order valence-corrected chi connectivity index (χ3v) is 4.43. The van der Waals surface area contributed by atoms with Gasteiger partial charge in [0.15, 0.2) is 0 Å². The molecule has 2 aromatic carbocycles. The number of amides is 2. The summed E-state index contributed by atoms with van der Waals surface area (Å²) in [7, 11) is 0. The number of carbonyl (C=O) groups excluding carboxylic acids is 2. The molecule has 130 valence electrons. The zero-order valence-electron chi connectivity index (χ0n) is 13.9. The number of para-hydroxylation sites is 2. The Labute approximate surface area is 150 Å². The van der Waals surface area contributed by atoms with Gasteiger partial charge in [-0.15, -0.1) is 5.10 Å². The quantitative estimate of drug-likeness (QED) is 0.757. The van der Waals surface area contributed by atoms with Crippen molar-refractivity contribution in [3.63, 3.8) is 0 Å². The molecule has 0 saturated heterocycles. The minimum absolute atomic E-state index is 0.0361. The van der Waals surface area contributed by atoms with Crippen LogP contribution in [0.1, 0.15) is 28.3 Å². The van der Waals surface area contributed by atoms with E-state index in [1.807, 2.05) is 36.4 Å². The highest BCUT2D eigenvalue weighted by atomic mass is 16.2. The van der Waals surface area contributed by atoms with Gasteiger partial charge in [-0.25, -0.2) is 4.68 Å². The molecule has 1 aliphatic heterocycles. The summed E-state index contributed by atoms with van der Waals surface area (Å²) in [5, 5.41) is 13.6. The first-order valence-electron chi connectivity index (χ1n) is 8.35. The molecule has 0 bridgehead atoms. The second-order valence-corrected chi connectivity index (χ2v) is 6.11. The lowest BCUT2D eigenvalue weighted by molar-refractivity contribution is -0.116. The van der Waals surface area contributed by atoms with Crippen LogP contribution in [0.3, 0.4) is 0 Å². The number of hydrogen-bond acceptors (Lipinski definition) is 4. The fraction of sp³-hybridized carbons (Fsp3) is 0.158. The van der Waals surface area contributed by atoms with Crippen molar-refractivity contribution in [3.8, 4) is 5.69 Å². The van der Waals surface area contributed by atoms with E-state index in [2.05, 4.69) is 20.9 Å². The van der Waals surface area contributed by atoms with Crippen molar-refractivity contribution in [2.24, 2.45) is 0 Å². The van der Waals surface area contributed by atoms with Crippen LogP contribution >= 0.6 is 0 Å². The van der Waals surface area contributed by atoms with Crippen LogP contribution in [0, 0.1) is 0 Å². The molecule has 1 atom stereocenters. The van der Waals surface area contributed by atoms with E-state index in [0.717, 1.165) is 11.3 Å². The Hall–Kier alpha value is -3.48. The summed E-state index contributed by atoms with van der Waals surface area (Å²) < 4.78 is 1.55. The van der Waals surface area contributed by atoms with E-state index in [-0.39, 0.29) is 17.7 Å². The van der Waals surface area contributed by atoms with Gasteiger partial charge in [0.1, 0.15) is 0 Å². The van der Waals surface area contributed by atoms with Crippen molar-refractivity contribution in [2.75, 3.05) is 11.9 Å². The van der Waals surface area contributed by atoms with Crippen molar-refractivity contribution >= 4 is 17.5 Å². The van der Waals surface area contributed by atoms with Crippen LogP contribution in [0.4, 0.5) is 5.69 Å². The number of aromatic nitrogens is 3. The Morgan fingerprint density at radius 3 is 2.85 bits per heavy atom. The number of hydrogen-bond donors (Lipinski definition) is 2. The molecular formula is C19H17N5O2. The molecule has 0 unspecified atom stereocenters. The van der Waals surface area contributed by atoms with Crippen LogP contribution in [0.2, 0.25) is 0 Å². The Kier molecular flexibility index (Phi) is 4.18. The highest BCUT2D eigenvalue weighted by molar-refractivity contribution is 5.98. The van der Waals surface area contributed by atoms with Crippen LogP contribution in [0.25, 0.3) is 5.69 Å². The molecule has 0 spiro atoms. The summed E-state index contributed by atoms with van der Waals surface area (Å²) in [4.78, 5) is 24.6. The van der Waals surface area contributed by atoms with Crippen molar-refractivity contribution in [3.05, 3.63) is 72.1 Å². The van der Waals surface area contributed by atoms with E-state index in [9.17, 15) is 9.59 Å². The number of nitrogens with zero attached hydrogens (tertiary/aromatic N) is 3. The van der Waals surface area contributed by atoms with Crippen molar-refractivity contribution in [2.45, 2.75) is 12.3 Å². The number of carbonyl (C=O) groups is 2. The predicted molar refractivity (Wildman–Crippen MR) is 96.1 cm³/mol. The Balaban J connectivity index is 1.53. The standard InChI is InChI=1S/C19H17N5O2/c25-18-11-13(14-5-1-3-7-16(14)22-18)12-20-19(26)15-6-2-4-8-17(15)24-10-9-21-23-24/h1-10,13H,11-12H2,(H,20,26)(H,22,25)/t13-/m1/s1. The molecule has 1 aliphatic rings. The topological polar surface area (TPSA) is 88.9 Å². The summed E-state index contributed by atoms with van der Waals surface area (Å²) in [6.07, 6.45) is 3.60. The first-order chi connectivity index (χ1) is 12.7. The minimum Gasteiger partial charge on any atom is -0.351 e. The van der Waals surface area contributed by atoms with E-state index < -0.39 is 0 Å². The van der Waals surface area contributed by atoms with Crippen molar-refractivity contribution in [1.82, 2.24) is 20.3 Å².